The van der Waals surface area contributed by atoms with E-state index < -0.39 is 0 Å². The molecule has 0 aliphatic carbocycles. The van der Waals surface area contributed by atoms with Gasteiger partial charge in [0.15, 0.2) is 0 Å². The molecule has 0 heterocycles. The van der Waals surface area contributed by atoms with Crippen LogP contribution in [0.5, 0.6) is 0 Å². The Bertz CT molecular complexity index is 214. The average Bonchev–Trinajstić information content (AvgIpc) is 2.23. The Morgan fingerprint density at radius 3 is 1.64 bits per heavy atom. The third-order valence-corrected chi connectivity index (χ3v) is 1.27. The molecular weight excluding hydrogens is 172 g/mol. The number of methoxy groups -OCH3 is 1. The minimum atomic E-state index is 1.12. The van der Waals surface area contributed by atoms with Crippen molar-refractivity contribution in [1.82, 2.24) is 0 Å². The van der Waals surface area contributed by atoms with Crippen LogP contribution in [0.2, 0.25) is 0 Å². The predicted molar refractivity (Wildman–Crippen MR) is 65.4 cm³/mol. The number of hydrogen-bond acceptors (Lipinski definition) is 1. The van der Waals surface area contributed by atoms with E-state index in [0.717, 1.165) is 5.57 Å². The van der Waals surface area contributed by atoms with Gasteiger partial charge in [0, 0.05) is 14.2 Å². The van der Waals surface area contributed by atoms with E-state index in [9.17, 15) is 0 Å². The second-order valence-corrected chi connectivity index (χ2v) is 2.55. The minimum Gasteiger partial charge on any atom is -0.388 e. The van der Waals surface area contributed by atoms with Crippen molar-refractivity contribution in [3.63, 3.8) is 0 Å². The quantitative estimate of drug-likeness (QED) is 0.656. The second-order valence-electron chi connectivity index (χ2n) is 2.55. The summed E-state index contributed by atoms with van der Waals surface area (Å²) in [6.07, 6.45) is 0. The first-order valence-corrected chi connectivity index (χ1v) is 4.83. The van der Waals surface area contributed by atoms with E-state index in [-0.39, 0.29) is 0 Å². The summed E-state index contributed by atoms with van der Waals surface area (Å²) in [5, 5.41) is 0. The number of allylic oxidation sites excluding steroid dienone is 1. The first-order valence-electron chi connectivity index (χ1n) is 4.83. The highest BCUT2D eigenvalue weighted by Gasteiger charge is 1.86. The van der Waals surface area contributed by atoms with Gasteiger partial charge in [-0.05, 0) is 12.5 Å². The van der Waals surface area contributed by atoms with Gasteiger partial charge in [0.25, 0.3) is 0 Å². The van der Waals surface area contributed by atoms with Gasteiger partial charge in [-0.15, -0.1) is 0 Å². The summed E-state index contributed by atoms with van der Waals surface area (Å²) in [5.74, 6) is 0. The lowest BCUT2D eigenvalue weighted by Crippen LogP contribution is -1.72. The predicted octanol–water partition coefficient (Wildman–Crippen LogP) is 4.01. The van der Waals surface area contributed by atoms with Crippen LogP contribution in [0.15, 0.2) is 36.9 Å². The van der Waals surface area contributed by atoms with E-state index in [1.54, 1.807) is 14.2 Å². The molecule has 0 bridgehead atoms. The topological polar surface area (TPSA) is 9.23 Å². The molecule has 0 atom stereocenters. The minimum absolute atomic E-state index is 1.12. The molecular formula is C13H22O. The van der Waals surface area contributed by atoms with Gasteiger partial charge in [-0.3, -0.25) is 0 Å². The Morgan fingerprint density at radius 1 is 1.07 bits per heavy atom. The molecule has 0 N–H and O–H groups in total. The molecule has 1 rings (SSSR count). The van der Waals surface area contributed by atoms with Crippen LogP contribution >= 0.6 is 0 Å². The van der Waals surface area contributed by atoms with E-state index in [2.05, 4.69) is 23.4 Å². The van der Waals surface area contributed by atoms with Gasteiger partial charge in [-0.25, -0.2) is 0 Å². The summed E-state index contributed by atoms with van der Waals surface area (Å²) >= 11 is 0. The molecule has 1 heteroatoms. The summed E-state index contributed by atoms with van der Waals surface area (Å²) < 4.78 is 4.25. The van der Waals surface area contributed by atoms with E-state index in [1.807, 2.05) is 39.0 Å². The number of rotatable bonds is 1. The summed E-state index contributed by atoms with van der Waals surface area (Å²) in [6, 6.07) is 10.2. The standard InChI is InChI=1S/C9H10.C2H6O.C2H6/c1-8(2)9-6-4-3-5-7-9;1-3-2;1-2/h3-7H,1H2,2H3;1-2H3;1-2H3. The van der Waals surface area contributed by atoms with Crippen LogP contribution in [0.4, 0.5) is 0 Å². The smallest absolute Gasteiger partial charge is 0.0351 e. The molecule has 0 saturated carbocycles. The molecule has 80 valence electrons. The van der Waals surface area contributed by atoms with Crippen LogP contribution in [-0.4, -0.2) is 14.2 Å². The van der Waals surface area contributed by atoms with E-state index in [0.29, 0.717) is 0 Å². The number of ether oxygens (including phenoxy) is 1. The van der Waals surface area contributed by atoms with Gasteiger partial charge in [0.2, 0.25) is 0 Å². The first-order chi connectivity index (χ1) is 6.72. The molecule has 1 aromatic carbocycles. The molecule has 0 aromatic heterocycles. The molecule has 0 spiro atoms. The van der Waals surface area contributed by atoms with Gasteiger partial charge in [-0.1, -0.05) is 56.3 Å². The van der Waals surface area contributed by atoms with Gasteiger partial charge in [0.1, 0.15) is 0 Å². The second kappa shape index (κ2) is 11.9. The zero-order valence-electron chi connectivity index (χ0n) is 10.0. The SMILES string of the molecule is C=C(C)c1ccccc1.CC.COC. The molecule has 1 aromatic rings. The summed E-state index contributed by atoms with van der Waals surface area (Å²) in [7, 11) is 3.25. The highest BCUT2D eigenvalue weighted by Crippen LogP contribution is 2.08. The fraction of sp³-hybridized carbons (Fsp3) is 0.385. The lowest BCUT2D eigenvalue weighted by molar-refractivity contribution is 0.277. The molecule has 0 fully saturated rings. The fourth-order valence-corrected chi connectivity index (χ4v) is 0.723. The van der Waals surface area contributed by atoms with Gasteiger partial charge in [0.05, 0.1) is 0 Å². The van der Waals surface area contributed by atoms with Crippen molar-refractivity contribution in [2.45, 2.75) is 20.8 Å². The van der Waals surface area contributed by atoms with E-state index in [1.165, 1.54) is 5.56 Å². The fourth-order valence-electron chi connectivity index (χ4n) is 0.723. The largest absolute Gasteiger partial charge is 0.388 e. The van der Waals surface area contributed by atoms with Crippen LogP contribution < -0.4 is 0 Å². The normalized spacial score (nSPS) is 7.50. The molecule has 0 aliphatic heterocycles. The van der Waals surface area contributed by atoms with Crippen LogP contribution in [0, 0.1) is 0 Å². The number of hydrogen-bond donors (Lipinski definition) is 0. The Morgan fingerprint density at radius 2 is 1.43 bits per heavy atom. The maximum atomic E-state index is 4.25. The van der Waals surface area contributed by atoms with Crippen molar-refractivity contribution >= 4 is 5.57 Å². The summed E-state index contributed by atoms with van der Waals surface area (Å²) in [6.45, 7) is 9.83. The third kappa shape index (κ3) is 9.01. The maximum absolute atomic E-state index is 4.25. The lowest BCUT2D eigenvalue weighted by Gasteiger charge is -1.94. The number of benzene rings is 1. The molecule has 0 saturated heterocycles. The van der Waals surface area contributed by atoms with Crippen molar-refractivity contribution in [1.29, 1.82) is 0 Å². The van der Waals surface area contributed by atoms with Crippen molar-refractivity contribution in [2.24, 2.45) is 0 Å². The van der Waals surface area contributed by atoms with E-state index in [4.69, 9.17) is 0 Å². The average molecular weight is 194 g/mol. The van der Waals surface area contributed by atoms with Crippen molar-refractivity contribution < 1.29 is 4.74 Å². The Labute approximate surface area is 88.4 Å². The molecule has 0 amide bonds. The van der Waals surface area contributed by atoms with Crippen LogP contribution in [0.1, 0.15) is 26.3 Å². The van der Waals surface area contributed by atoms with Crippen LogP contribution in [-0.2, 0) is 4.74 Å². The van der Waals surface area contributed by atoms with Crippen molar-refractivity contribution in [3.05, 3.63) is 42.5 Å². The zero-order chi connectivity index (χ0) is 11.4. The summed E-state index contributed by atoms with van der Waals surface area (Å²) in [4.78, 5) is 0. The van der Waals surface area contributed by atoms with Crippen molar-refractivity contribution in [2.75, 3.05) is 14.2 Å². The van der Waals surface area contributed by atoms with Crippen molar-refractivity contribution in [3.8, 4) is 0 Å². The molecule has 14 heavy (non-hydrogen) atoms. The molecule has 1 nitrogen and oxygen atoms in total. The van der Waals surface area contributed by atoms with Crippen LogP contribution in [0.3, 0.4) is 0 Å². The zero-order valence-corrected chi connectivity index (χ0v) is 10.0. The lowest BCUT2D eigenvalue weighted by atomic mass is 10.1. The molecule has 0 unspecified atom stereocenters. The maximum Gasteiger partial charge on any atom is 0.0351 e. The third-order valence-electron chi connectivity index (χ3n) is 1.27. The van der Waals surface area contributed by atoms with Gasteiger partial charge in [-0.2, -0.15) is 0 Å². The van der Waals surface area contributed by atoms with Gasteiger partial charge >= 0.3 is 0 Å². The highest BCUT2D eigenvalue weighted by molar-refractivity contribution is 5.60. The first kappa shape index (κ1) is 15.4. The Kier molecular flexibility index (Phi) is 13.1. The Balaban J connectivity index is 0. The molecule has 0 aliphatic rings. The monoisotopic (exact) mass is 194 g/mol. The van der Waals surface area contributed by atoms with Gasteiger partial charge < -0.3 is 4.74 Å². The molecule has 0 radical (unpaired) electrons. The van der Waals surface area contributed by atoms with E-state index >= 15 is 0 Å². The highest BCUT2D eigenvalue weighted by atomic mass is 16.4. The van der Waals surface area contributed by atoms with Crippen LogP contribution in [0.25, 0.3) is 5.57 Å². The Hall–Kier alpha value is -1.08. The summed E-state index contributed by atoms with van der Waals surface area (Å²) in [5.41, 5.74) is 2.34.